The molecular weight excluding hydrogens is 246 g/mol. The van der Waals surface area contributed by atoms with Crippen LogP contribution < -0.4 is 0 Å². The van der Waals surface area contributed by atoms with Gasteiger partial charge in [-0.3, -0.25) is 4.79 Å². The van der Waals surface area contributed by atoms with Crippen molar-refractivity contribution in [3.05, 3.63) is 0 Å². The lowest BCUT2D eigenvalue weighted by molar-refractivity contribution is -0.175. The maximum absolute atomic E-state index is 12.2. The number of rotatable bonds is 8. The predicted octanol–water partition coefficient (Wildman–Crippen LogP) is 1.90. The predicted molar refractivity (Wildman–Crippen MR) is 71.9 cm³/mol. The molecule has 1 aliphatic heterocycles. The second kappa shape index (κ2) is 6.89. The maximum Gasteiger partial charge on any atom is 0.329 e. The Morgan fingerprint density at radius 2 is 2.00 bits per heavy atom. The van der Waals surface area contributed by atoms with Crippen molar-refractivity contribution in [1.82, 2.24) is 4.90 Å². The minimum atomic E-state index is -0.972. The molecule has 0 aliphatic carbocycles. The van der Waals surface area contributed by atoms with Gasteiger partial charge in [-0.25, -0.2) is 4.79 Å². The van der Waals surface area contributed by atoms with E-state index in [0.717, 1.165) is 25.7 Å². The van der Waals surface area contributed by atoms with Gasteiger partial charge in [-0.15, -0.1) is 0 Å². The van der Waals surface area contributed by atoms with E-state index in [1.165, 1.54) is 0 Å². The van der Waals surface area contributed by atoms with Gasteiger partial charge in [0.05, 0.1) is 13.1 Å². The topological polar surface area (TPSA) is 66.8 Å². The van der Waals surface area contributed by atoms with Gasteiger partial charge in [0.1, 0.15) is 12.2 Å². The summed E-state index contributed by atoms with van der Waals surface area (Å²) < 4.78 is 5.31. The first-order valence-electron chi connectivity index (χ1n) is 7.06. The van der Waals surface area contributed by atoms with Crippen molar-refractivity contribution in [2.24, 2.45) is 5.92 Å². The largest absolute Gasteiger partial charge is 0.480 e. The first-order chi connectivity index (χ1) is 8.91. The average molecular weight is 271 g/mol. The summed E-state index contributed by atoms with van der Waals surface area (Å²) in [6.45, 7) is 6.72. The summed E-state index contributed by atoms with van der Waals surface area (Å²) in [6.07, 6.45) is 3.98. The Morgan fingerprint density at radius 1 is 1.37 bits per heavy atom. The summed E-state index contributed by atoms with van der Waals surface area (Å²) in [5, 5.41) is 8.59. The monoisotopic (exact) mass is 271 g/mol. The zero-order valence-corrected chi connectivity index (χ0v) is 12.1. The normalized spacial score (nSPS) is 18.8. The number of aliphatic carboxylic acids is 1. The molecule has 1 fully saturated rings. The van der Waals surface area contributed by atoms with Crippen molar-refractivity contribution >= 4 is 11.9 Å². The zero-order chi connectivity index (χ0) is 14.5. The molecule has 1 unspecified atom stereocenters. The van der Waals surface area contributed by atoms with Crippen LogP contribution in [0, 0.1) is 5.92 Å². The summed E-state index contributed by atoms with van der Waals surface area (Å²) >= 11 is 0. The van der Waals surface area contributed by atoms with E-state index in [1.807, 2.05) is 13.8 Å². The number of ether oxygens (including phenoxy) is 1. The third-order valence-corrected chi connectivity index (χ3v) is 3.65. The fraction of sp³-hybridized carbons (Fsp3) is 0.857. The molecule has 0 radical (unpaired) electrons. The molecule has 1 heterocycles. The Balaban J connectivity index is 2.39. The highest BCUT2D eigenvalue weighted by molar-refractivity contribution is 5.80. The zero-order valence-electron chi connectivity index (χ0n) is 12.1. The van der Waals surface area contributed by atoms with E-state index >= 15 is 0 Å². The molecule has 0 bridgehead atoms. The number of likely N-dealkylation sites (tertiary alicyclic amines) is 1. The van der Waals surface area contributed by atoms with Crippen LogP contribution in [-0.4, -0.2) is 47.2 Å². The lowest BCUT2D eigenvalue weighted by atomic mass is 9.91. The third-order valence-electron chi connectivity index (χ3n) is 3.65. The number of hydrogen-bond donors (Lipinski definition) is 1. The van der Waals surface area contributed by atoms with Gasteiger partial charge in [0.2, 0.25) is 5.91 Å². The SMILES string of the molecule is CCCCC(CC)C(=O)N1CC(C)(OCC(=O)O)C1. The van der Waals surface area contributed by atoms with Gasteiger partial charge in [-0.2, -0.15) is 0 Å². The lowest BCUT2D eigenvalue weighted by Gasteiger charge is -2.48. The summed E-state index contributed by atoms with van der Waals surface area (Å²) in [6, 6.07) is 0. The number of carboxylic acids is 1. The Morgan fingerprint density at radius 3 is 2.47 bits per heavy atom. The van der Waals surface area contributed by atoms with E-state index in [-0.39, 0.29) is 18.4 Å². The molecule has 0 saturated carbocycles. The van der Waals surface area contributed by atoms with Gasteiger partial charge >= 0.3 is 5.97 Å². The first kappa shape index (κ1) is 16.0. The molecule has 1 N–H and O–H groups in total. The van der Waals surface area contributed by atoms with Crippen LogP contribution in [-0.2, 0) is 14.3 Å². The van der Waals surface area contributed by atoms with Gasteiger partial charge in [-0.05, 0) is 19.8 Å². The molecule has 0 aromatic carbocycles. The molecule has 110 valence electrons. The van der Waals surface area contributed by atoms with E-state index in [9.17, 15) is 9.59 Å². The van der Waals surface area contributed by atoms with Crippen LogP contribution in [0.15, 0.2) is 0 Å². The number of carbonyl (C=O) groups is 2. The quantitative estimate of drug-likeness (QED) is 0.732. The van der Waals surface area contributed by atoms with Crippen LogP contribution in [0.1, 0.15) is 46.5 Å². The van der Waals surface area contributed by atoms with Crippen LogP contribution in [0.4, 0.5) is 0 Å². The fourth-order valence-electron chi connectivity index (χ4n) is 2.46. The van der Waals surface area contributed by atoms with Crippen LogP contribution in [0.5, 0.6) is 0 Å². The minimum Gasteiger partial charge on any atom is -0.480 e. The molecule has 1 rings (SSSR count). The number of nitrogens with zero attached hydrogens (tertiary/aromatic N) is 1. The van der Waals surface area contributed by atoms with Crippen LogP contribution in [0.25, 0.3) is 0 Å². The van der Waals surface area contributed by atoms with Gasteiger partial charge < -0.3 is 14.7 Å². The van der Waals surface area contributed by atoms with E-state index in [1.54, 1.807) is 4.90 Å². The van der Waals surface area contributed by atoms with Crippen molar-refractivity contribution in [1.29, 1.82) is 0 Å². The van der Waals surface area contributed by atoms with Gasteiger partial charge in [-0.1, -0.05) is 26.7 Å². The maximum atomic E-state index is 12.2. The summed E-state index contributed by atoms with van der Waals surface area (Å²) in [4.78, 5) is 24.5. The molecule has 0 aromatic heterocycles. The number of hydrogen-bond acceptors (Lipinski definition) is 3. The molecule has 1 aliphatic rings. The second-order valence-corrected chi connectivity index (χ2v) is 5.57. The van der Waals surface area contributed by atoms with E-state index in [2.05, 4.69) is 6.92 Å². The molecule has 5 heteroatoms. The van der Waals surface area contributed by atoms with Gasteiger partial charge in [0, 0.05) is 5.92 Å². The molecule has 1 atom stereocenters. The fourth-order valence-corrected chi connectivity index (χ4v) is 2.46. The number of amides is 1. The van der Waals surface area contributed by atoms with E-state index in [0.29, 0.717) is 13.1 Å². The average Bonchev–Trinajstić information content (AvgIpc) is 2.33. The first-order valence-corrected chi connectivity index (χ1v) is 7.06. The van der Waals surface area contributed by atoms with Crippen molar-refractivity contribution in [2.45, 2.75) is 52.1 Å². The smallest absolute Gasteiger partial charge is 0.329 e. The third kappa shape index (κ3) is 4.49. The molecule has 19 heavy (non-hydrogen) atoms. The number of unbranched alkanes of at least 4 members (excludes halogenated alkanes) is 1. The highest BCUT2D eigenvalue weighted by Gasteiger charge is 2.43. The number of carboxylic acid groups (broad SMARTS) is 1. The van der Waals surface area contributed by atoms with Crippen LogP contribution in [0.2, 0.25) is 0 Å². The Hall–Kier alpha value is -1.10. The standard InChI is InChI=1S/C14H25NO4/c1-4-6-7-11(5-2)13(18)15-9-14(3,10-15)19-8-12(16)17/h11H,4-10H2,1-3H3,(H,16,17). The molecule has 1 amide bonds. The molecule has 1 saturated heterocycles. The van der Waals surface area contributed by atoms with Crippen LogP contribution >= 0.6 is 0 Å². The summed E-state index contributed by atoms with van der Waals surface area (Å²) in [7, 11) is 0. The Kier molecular flexibility index (Phi) is 5.79. The molecule has 0 aromatic rings. The molecular formula is C14H25NO4. The van der Waals surface area contributed by atoms with E-state index < -0.39 is 11.6 Å². The number of carbonyl (C=O) groups excluding carboxylic acids is 1. The summed E-state index contributed by atoms with van der Waals surface area (Å²) in [5.41, 5.74) is -0.489. The van der Waals surface area contributed by atoms with Crippen molar-refractivity contribution < 1.29 is 19.4 Å². The van der Waals surface area contributed by atoms with E-state index in [4.69, 9.17) is 9.84 Å². The lowest BCUT2D eigenvalue weighted by Crippen LogP contribution is -2.64. The Labute approximate surface area is 114 Å². The minimum absolute atomic E-state index is 0.101. The highest BCUT2D eigenvalue weighted by atomic mass is 16.5. The molecule has 0 spiro atoms. The van der Waals surface area contributed by atoms with Crippen LogP contribution in [0.3, 0.4) is 0 Å². The molecule has 5 nitrogen and oxygen atoms in total. The highest BCUT2D eigenvalue weighted by Crippen LogP contribution is 2.28. The van der Waals surface area contributed by atoms with Crippen molar-refractivity contribution in [3.8, 4) is 0 Å². The van der Waals surface area contributed by atoms with Gasteiger partial charge in [0.15, 0.2) is 0 Å². The van der Waals surface area contributed by atoms with Gasteiger partial charge in [0.25, 0.3) is 0 Å². The Bertz CT molecular complexity index is 323. The van der Waals surface area contributed by atoms with Crippen molar-refractivity contribution in [3.63, 3.8) is 0 Å². The second-order valence-electron chi connectivity index (χ2n) is 5.57. The van der Waals surface area contributed by atoms with Crippen molar-refractivity contribution in [2.75, 3.05) is 19.7 Å². The summed E-state index contributed by atoms with van der Waals surface area (Å²) in [5.74, 6) is -0.684.